The van der Waals surface area contributed by atoms with Crippen molar-refractivity contribution >= 4 is 18.2 Å². The van der Waals surface area contributed by atoms with Crippen LogP contribution in [0.15, 0.2) is 12.7 Å². The van der Waals surface area contributed by atoms with Crippen molar-refractivity contribution in [3.05, 3.63) is 12.7 Å². The Kier molecular flexibility index (Phi) is 9.12. The number of rotatable bonds is 9. The van der Waals surface area contributed by atoms with Gasteiger partial charge in [0, 0.05) is 18.3 Å². The lowest BCUT2D eigenvalue weighted by atomic mass is 9.73. The molecule has 0 aromatic rings. The Morgan fingerprint density at radius 1 is 1.08 bits per heavy atom. The van der Waals surface area contributed by atoms with Crippen LogP contribution in [0.1, 0.15) is 65.2 Å². The topological polar surface area (TPSA) is 69.7 Å². The maximum absolute atomic E-state index is 12.5. The van der Waals surface area contributed by atoms with Crippen molar-refractivity contribution in [3.63, 3.8) is 0 Å². The molecule has 0 amide bonds. The SMILES string of the molecule is C=CCC(CC#CCC1(C=O)CCCCC1)(C(=O)OCC)C(=O)OCC. The molecule has 0 aromatic heterocycles. The fourth-order valence-corrected chi connectivity index (χ4v) is 3.30. The number of allylic oxidation sites excluding steroid dienone is 1. The third-order valence-corrected chi connectivity index (χ3v) is 4.88. The second-order valence-electron chi connectivity index (χ2n) is 6.76. The summed E-state index contributed by atoms with van der Waals surface area (Å²) in [4.78, 5) is 36.5. The van der Waals surface area contributed by atoms with E-state index in [1.54, 1.807) is 13.8 Å². The number of hydrogen-bond donors (Lipinski definition) is 0. The molecule has 5 nitrogen and oxygen atoms in total. The highest BCUT2D eigenvalue weighted by molar-refractivity contribution is 6.00. The van der Waals surface area contributed by atoms with Crippen LogP contribution in [0.4, 0.5) is 0 Å². The maximum atomic E-state index is 12.5. The van der Waals surface area contributed by atoms with Crippen molar-refractivity contribution < 1.29 is 23.9 Å². The van der Waals surface area contributed by atoms with Crippen LogP contribution in [0.3, 0.4) is 0 Å². The Morgan fingerprint density at radius 3 is 2.12 bits per heavy atom. The van der Waals surface area contributed by atoms with Gasteiger partial charge in [-0.2, -0.15) is 0 Å². The molecule has 0 aromatic carbocycles. The monoisotopic (exact) mass is 362 g/mol. The summed E-state index contributed by atoms with van der Waals surface area (Å²) >= 11 is 0. The first-order valence-electron chi connectivity index (χ1n) is 9.37. The molecule has 1 saturated carbocycles. The van der Waals surface area contributed by atoms with Gasteiger partial charge in [-0.3, -0.25) is 9.59 Å². The Balaban J connectivity index is 2.98. The van der Waals surface area contributed by atoms with Gasteiger partial charge in [-0.05, 0) is 33.1 Å². The predicted molar refractivity (Wildman–Crippen MR) is 99.1 cm³/mol. The van der Waals surface area contributed by atoms with Crippen LogP contribution >= 0.6 is 0 Å². The average molecular weight is 362 g/mol. The number of hydrogen-bond acceptors (Lipinski definition) is 5. The van der Waals surface area contributed by atoms with Gasteiger partial charge in [-0.15, -0.1) is 18.4 Å². The van der Waals surface area contributed by atoms with Crippen LogP contribution in [0.25, 0.3) is 0 Å². The van der Waals surface area contributed by atoms with Crippen molar-refractivity contribution in [2.45, 2.75) is 65.2 Å². The quantitative estimate of drug-likeness (QED) is 0.206. The van der Waals surface area contributed by atoms with Crippen molar-refractivity contribution in [1.29, 1.82) is 0 Å². The van der Waals surface area contributed by atoms with Gasteiger partial charge in [0.15, 0.2) is 5.41 Å². The van der Waals surface area contributed by atoms with Crippen molar-refractivity contribution in [2.75, 3.05) is 13.2 Å². The molecule has 1 aliphatic rings. The molecule has 0 radical (unpaired) electrons. The molecule has 0 N–H and O–H groups in total. The van der Waals surface area contributed by atoms with Crippen molar-refractivity contribution in [3.8, 4) is 11.8 Å². The van der Waals surface area contributed by atoms with E-state index < -0.39 is 17.4 Å². The van der Waals surface area contributed by atoms with E-state index in [1.807, 2.05) is 0 Å². The van der Waals surface area contributed by atoms with Crippen LogP contribution in [0, 0.1) is 22.7 Å². The minimum absolute atomic E-state index is 0.00831. The molecular weight excluding hydrogens is 332 g/mol. The Bertz CT molecular complexity index is 543. The molecule has 0 bridgehead atoms. The summed E-state index contributed by atoms with van der Waals surface area (Å²) in [6.07, 6.45) is 7.97. The Labute approximate surface area is 156 Å². The largest absolute Gasteiger partial charge is 0.465 e. The molecule has 144 valence electrons. The maximum Gasteiger partial charge on any atom is 0.324 e. The van der Waals surface area contributed by atoms with Crippen molar-refractivity contribution in [2.24, 2.45) is 10.8 Å². The highest BCUT2D eigenvalue weighted by atomic mass is 16.6. The average Bonchev–Trinajstić information content (AvgIpc) is 2.65. The Morgan fingerprint density at radius 2 is 1.65 bits per heavy atom. The Hall–Kier alpha value is -2.09. The second kappa shape index (κ2) is 10.8. The van der Waals surface area contributed by atoms with Crippen molar-refractivity contribution in [1.82, 2.24) is 0 Å². The van der Waals surface area contributed by atoms with Gasteiger partial charge >= 0.3 is 11.9 Å². The fourth-order valence-electron chi connectivity index (χ4n) is 3.30. The first kappa shape index (κ1) is 22.0. The molecule has 1 aliphatic carbocycles. The van der Waals surface area contributed by atoms with E-state index in [0.717, 1.165) is 38.4 Å². The molecule has 0 spiro atoms. The van der Waals surface area contributed by atoms with E-state index in [2.05, 4.69) is 18.4 Å². The first-order valence-corrected chi connectivity index (χ1v) is 9.37. The van der Waals surface area contributed by atoms with Gasteiger partial charge in [-0.1, -0.05) is 25.3 Å². The van der Waals surface area contributed by atoms with Crippen LogP contribution in [-0.4, -0.2) is 31.4 Å². The van der Waals surface area contributed by atoms with Crippen LogP contribution in [-0.2, 0) is 23.9 Å². The molecule has 0 heterocycles. The van der Waals surface area contributed by atoms with E-state index in [4.69, 9.17) is 9.47 Å². The number of esters is 2. The minimum Gasteiger partial charge on any atom is -0.465 e. The molecule has 26 heavy (non-hydrogen) atoms. The molecule has 0 aliphatic heterocycles. The summed E-state index contributed by atoms with van der Waals surface area (Å²) in [5.41, 5.74) is -1.89. The third-order valence-electron chi connectivity index (χ3n) is 4.88. The molecule has 5 heteroatoms. The fraction of sp³-hybridized carbons (Fsp3) is 0.667. The molecular formula is C21H30O5. The van der Waals surface area contributed by atoms with Gasteiger partial charge in [0.1, 0.15) is 6.29 Å². The molecule has 0 unspecified atom stereocenters. The summed E-state index contributed by atoms with van der Waals surface area (Å²) < 4.78 is 10.2. The lowest BCUT2D eigenvalue weighted by Gasteiger charge is -2.30. The number of carbonyl (C=O) groups is 3. The van der Waals surface area contributed by atoms with Crippen LogP contribution in [0.2, 0.25) is 0 Å². The standard InChI is InChI=1S/C21H30O5/c1-4-12-21(18(23)25-5-2,19(24)26-6-3)16-11-10-15-20(17-22)13-8-7-9-14-20/h4,17H,1,5-9,12-16H2,2-3H3. The zero-order valence-corrected chi connectivity index (χ0v) is 16.0. The van der Waals surface area contributed by atoms with Crippen LogP contribution in [0.5, 0.6) is 0 Å². The lowest BCUT2D eigenvalue weighted by Crippen LogP contribution is -2.41. The van der Waals surface area contributed by atoms with Gasteiger partial charge in [0.05, 0.1) is 13.2 Å². The zero-order chi connectivity index (χ0) is 19.5. The second-order valence-corrected chi connectivity index (χ2v) is 6.76. The van der Waals surface area contributed by atoms with Gasteiger partial charge in [-0.25, -0.2) is 0 Å². The summed E-state index contributed by atoms with van der Waals surface area (Å²) in [6, 6.07) is 0. The molecule has 0 saturated heterocycles. The summed E-state index contributed by atoms with van der Waals surface area (Å²) in [6.45, 7) is 7.35. The minimum atomic E-state index is -1.50. The summed E-state index contributed by atoms with van der Waals surface area (Å²) in [7, 11) is 0. The van der Waals surface area contributed by atoms with Gasteiger partial charge in [0.2, 0.25) is 0 Å². The highest BCUT2D eigenvalue weighted by Gasteiger charge is 2.47. The van der Waals surface area contributed by atoms with Crippen LogP contribution < -0.4 is 0 Å². The predicted octanol–water partition coefficient (Wildman–Crippen LogP) is 3.61. The first-order chi connectivity index (χ1) is 12.5. The summed E-state index contributed by atoms with van der Waals surface area (Å²) in [5.74, 6) is 4.67. The highest BCUT2D eigenvalue weighted by Crippen LogP contribution is 2.37. The molecule has 1 fully saturated rings. The zero-order valence-electron chi connectivity index (χ0n) is 16.0. The van der Waals surface area contributed by atoms with E-state index in [1.165, 1.54) is 6.08 Å². The lowest BCUT2D eigenvalue weighted by molar-refractivity contribution is -0.171. The smallest absolute Gasteiger partial charge is 0.324 e. The number of ether oxygens (including phenoxy) is 2. The molecule has 1 rings (SSSR count). The van der Waals surface area contributed by atoms with E-state index in [0.29, 0.717) is 6.42 Å². The summed E-state index contributed by atoms with van der Waals surface area (Å²) in [5, 5.41) is 0. The van der Waals surface area contributed by atoms with Gasteiger partial charge < -0.3 is 14.3 Å². The third kappa shape index (κ3) is 5.45. The van der Waals surface area contributed by atoms with E-state index >= 15 is 0 Å². The van der Waals surface area contributed by atoms with E-state index in [-0.39, 0.29) is 31.5 Å². The number of aldehydes is 1. The normalized spacial score (nSPS) is 15.9. The van der Waals surface area contributed by atoms with Gasteiger partial charge in [0.25, 0.3) is 0 Å². The van der Waals surface area contributed by atoms with E-state index in [9.17, 15) is 14.4 Å². The number of carbonyl (C=O) groups excluding carboxylic acids is 3. The molecule has 0 atom stereocenters.